The molecule has 0 spiro atoms. The van der Waals surface area contributed by atoms with Crippen LogP contribution in [0.25, 0.3) is 0 Å². The van der Waals surface area contributed by atoms with Crippen LogP contribution in [0.1, 0.15) is 43.5 Å². The van der Waals surface area contributed by atoms with Gasteiger partial charge in [0.15, 0.2) is 0 Å². The molecule has 166 valence electrons. The fourth-order valence-electron chi connectivity index (χ4n) is 3.79. The molecule has 0 aliphatic carbocycles. The van der Waals surface area contributed by atoms with Crippen molar-refractivity contribution < 1.29 is 14.3 Å². The number of methoxy groups -OCH3 is 1. The molecule has 8 nitrogen and oxygen atoms in total. The van der Waals surface area contributed by atoms with E-state index in [0.717, 1.165) is 17.7 Å². The van der Waals surface area contributed by atoms with Gasteiger partial charge in [0.05, 0.1) is 12.1 Å². The van der Waals surface area contributed by atoms with E-state index in [1.165, 1.54) is 0 Å². The molecular formula is C22H35N5O3. The van der Waals surface area contributed by atoms with E-state index in [4.69, 9.17) is 4.74 Å². The van der Waals surface area contributed by atoms with Gasteiger partial charge in [-0.15, -0.1) is 0 Å². The lowest BCUT2D eigenvalue weighted by molar-refractivity contribution is -0.133. The first-order valence-corrected chi connectivity index (χ1v) is 10.7. The summed E-state index contributed by atoms with van der Waals surface area (Å²) in [5.74, 6) is 0.966. The smallest absolute Gasteiger partial charge is 0.239 e. The molecule has 30 heavy (non-hydrogen) atoms. The van der Waals surface area contributed by atoms with Gasteiger partial charge in [-0.05, 0) is 31.7 Å². The molecule has 2 heterocycles. The van der Waals surface area contributed by atoms with Crippen LogP contribution in [0.5, 0.6) is 0 Å². The van der Waals surface area contributed by atoms with E-state index in [1.807, 2.05) is 37.2 Å². The second kappa shape index (κ2) is 11.1. The summed E-state index contributed by atoms with van der Waals surface area (Å²) < 4.78 is 7.13. The zero-order valence-electron chi connectivity index (χ0n) is 19.0. The Morgan fingerprint density at radius 2 is 1.87 bits per heavy atom. The van der Waals surface area contributed by atoms with E-state index < -0.39 is 0 Å². The highest BCUT2D eigenvalue weighted by molar-refractivity contribution is 5.93. The van der Waals surface area contributed by atoms with Gasteiger partial charge in [0.25, 0.3) is 0 Å². The Morgan fingerprint density at radius 1 is 1.20 bits per heavy atom. The molecule has 1 aliphatic rings. The van der Waals surface area contributed by atoms with Gasteiger partial charge in [0.1, 0.15) is 11.9 Å². The minimum atomic E-state index is -0.140. The van der Waals surface area contributed by atoms with Crippen LogP contribution in [0.15, 0.2) is 0 Å². The molecule has 0 radical (unpaired) electrons. The first-order valence-electron chi connectivity index (χ1n) is 10.7. The molecule has 8 heteroatoms. The summed E-state index contributed by atoms with van der Waals surface area (Å²) in [5.41, 5.74) is 2.39. The van der Waals surface area contributed by atoms with Crippen LogP contribution in [-0.2, 0) is 20.9 Å². The van der Waals surface area contributed by atoms with Crippen molar-refractivity contribution in [1.82, 2.24) is 14.4 Å². The number of hydrogen-bond donors (Lipinski definition) is 1. The molecule has 2 amide bonds. The highest BCUT2D eigenvalue weighted by atomic mass is 16.5. The lowest BCUT2D eigenvalue weighted by Gasteiger charge is -2.34. The number of carbonyl (C=O) groups is 2. The maximum absolute atomic E-state index is 12.7. The van der Waals surface area contributed by atoms with E-state index >= 15 is 0 Å². The number of nitriles is 1. The molecule has 0 atom stereocenters. The number of nitrogens with one attached hydrogen (secondary N) is 1. The number of ether oxygens (including phenoxy) is 1. The van der Waals surface area contributed by atoms with Gasteiger partial charge in [-0.25, -0.2) is 0 Å². The minimum absolute atomic E-state index is 0.140. The molecule has 1 saturated heterocycles. The molecule has 0 saturated carbocycles. The summed E-state index contributed by atoms with van der Waals surface area (Å²) in [6, 6.07) is 2.23. The summed E-state index contributed by atoms with van der Waals surface area (Å²) in [5, 5.41) is 12.6. The van der Waals surface area contributed by atoms with Gasteiger partial charge in [-0.1, -0.05) is 13.8 Å². The van der Waals surface area contributed by atoms with Crippen molar-refractivity contribution >= 4 is 17.6 Å². The fourth-order valence-corrected chi connectivity index (χ4v) is 3.79. The third-order valence-corrected chi connectivity index (χ3v) is 5.60. The largest absolute Gasteiger partial charge is 0.385 e. The second-order valence-electron chi connectivity index (χ2n) is 8.35. The van der Waals surface area contributed by atoms with Crippen molar-refractivity contribution in [3.8, 4) is 6.07 Å². The molecule has 0 unspecified atom stereocenters. The third-order valence-electron chi connectivity index (χ3n) is 5.60. The van der Waals surface area contributed by atoms with Crippen LogP contribution >= 0.6 is 0 Å². The fraction of sp³-hybridized carbons (Fsp3) is 0.682. The zero-order valence-corrected chi connectivity index (χ0v) is 19.0. The highest BCUT2D eigenvalue weighted by Crippen LogP contribution is 2.26. The summed E-state index contributed by atoms with van der Waals surface area (Å²) in [6.07, 6.45) is 1.36. The number of amides is 2. The van der Waals surface area contributed by atoms with Crippen molar-refractivity contribution in [3.05, 3.63) is 16.8 Å². The standard InChI is InChI=1S/C22H35N5O3/c1-16(2)13-21(29)26-10-8-25(9-11-26)15-20(28)24-22-19(14-23)17(3)18(4)27(22)7-6-12-30-5/h16H,6-13,15H2,1-5H3,(H,24,28). The monoisotopic (exact) mass is 417 g/mol. The van der Waals surface area contributed by atoms with Crippen LogP contribution in [0.4, 0.5) is 5.82 Å². The Kier molecular flexibility index (Phi) is 8.88. The lowest BCUT2D eigenvalue weighted by atomic mass is 10.1. The number of anilines is 1. The lowest BCUT2D eigenvalue weighted by Crippen LogP contribution is -2.50. The van der Waals surface area contributed by atoms with E-state index in [2.05, 4.69) is 16.3 Å². The van der Waals surface area contributed by atoms with E-state index in [1.54, 1.807) is 7.11 Å². The molecular weight excluding hydrogens is 382 g/mol. The number of piperazine rings is 1. The number of nitrogens with zero attached hydrogens (tertiary/aromatic N) is 4. The SMILES string of the molecule is COCCCn1c(C)c(C)c(C#N)c1NC(=O)CN1CCN(C(=O)CC(C)C)CC1. The van der Waals surface area contributed by atoms with Crippen molar-refractivity contribution in [3.63, 3.8) is 0 Å². The van der Waals surface area contributed by atoms with Crippen LogP contribution in [0.3, 0.4) is 0 Å². The van der Waals surface area contributed by atoms with Crippen LogP contribution < -0.4 is 5.32 Å². The normalized spacial score (nSPS) is 14.8. The first kappa shape index (κ1) is 23.9. The van der Waals surface area contributed by atoms with Gasteiger partial charge < -0.3 is 19.5 Å². The zero-order chi connectivity index (χ0) is 22.3. The van der Waals surface area contributed by atoms with Crippen molar-refractivity contribution in [1.29, 1.82) is 5.26 Å². The van der Waals surface area contributed by atoms with E-state index in [0.29, 0.717) is 63.1 Å². The molecule has 0 bridgehead atoms. The number of hydrogen-bond acceptors (Lipinski definition) is 5. The van der Waals surface area contributed by atoms with E-state index in [9.17, 15) is 14.9 Å². The quantitative estimate of drug-likeness (QED) is 0.622. The minimum Gasteiger partial charge on any atom is -0.385 e. The topological polar surface area (TPSA) is 90.6 Å². The number of carbonyl (C=O) groups excluding carboxylic acids is 2. The third kappa shape index (κ3) is 6.07. The average molecular weight is 418 g/mol. The highest BCUT2D eigenvalue weighted by Gasteiger charge is 2.24. The molecule has 0 aromatic carbocycles. The Hall–Kier alpha value is -2.37. The van der Waals surface area contributed by atoms with Gasteiger partial charge >= 0.3 is 0 Å². The van der Waals surface area contributed by atoms with E-state index in [-0.39, 0.29) is 18.4 Å². The van der Waals surface area contributed by atoms with Crippen LogP contribution in [0, 0.1) is 31.1 Å². The van der Waals surface area contributed by atoms with Gasteiger partial charge in [0, 0.05) is 58.6 Å². The van der Waals surface area contributed by atoms with Gasteiger partial charge in [0.2, 0.25) is 11.8 Å². The molecule has 1 aromatic heterocycles. The van der Waals surface area contributed by atoms with Crippen molar-refractivity contribution in [2.45, 2.75) is 47.1 Å². The van der Waals surface area contributed by atoms with Gasteiger partial charge in [-0.2, -0.15) is 5.26 Å². The maximum atomic E-state index is 12.7. The van der Waals surface area contributed by atoms with Gasteiger partial charge in [-0.3, -0.25) is 14.5 Å². The summed E-state index contributed by atoms with van der Waals surface area (Å²) in [7, 11) is 1.66. The number of rotatable bonds is 9. The second-order valence-corrected chi connectivity index (χ2v) is 8.35. The molecule has 1 aliphatic heterocycles. The van der Waals surface area contributed by atoms with Crippen LogP contribution in [0.2, 0.25) is 0 Å². The molecule has 1 aromatic rings. The Labute approximate surface area is 179 Å². The number of aromatic nitrogens is 1. The van der Waals surface area contributed by atoms with Crippen molar-refractivity contribution in [2.75, 3.05) is 51.8 Å². The molecule has 1 N–H and O–H groups in total. The first-order chi connectivity index (χ1) is 14.3. The Morgan fingerprint density at radius 3 is 2.43 bits per heavy atom. The van der Waals surface area contributed by atoms with Crippen LogP contribution in [-0.4, -0.2) is 72.6 Å². The Bertz CT molecular complexity index is 786. The predicted molar refractivity (Wildman–Crippen MR) is 116 cm³/mol. The average Bonchev–Trinajstić information content (AvgIpc) is 2.91. The molecule has 1 fully saturated rings. The predicted octanol–water partition coefficient (Wildman–Crippen LogP) is 2.14. The van der Waals surface area contributed by atoms with Crippen molar-refractivity contribution in [2.24, 2.45) is 5.92 Å². The molecule has 2 rings (SSSR count). The summed E-state index contributed by atoms with van der Waals surface area (Å²) >= 11 is 0. The summed E-state index contributed by atoms with van der Waals surface area (Å²) in [4.78, 5) is 28.9. The summed E-state index contributed by atoms with van der Waals surface area (Å²) in [6.45, 7) is 12.1. The maximum Gasteiger partial charge on any atom is 0.239 e. The Balaban J connectivity index is 1.97.